The Kier molecular flexibility index (Phi) is 5.09. The summed E-state index contributed by atoms with van der Waals surface area (Å²) in [5, 5.41) is 24.0. The van der Waals surface area contributed by atoms with E-state index >= 15 is 0 Å². The molecule has 4 fully saturated rings. The number of nitrogens with zero attached hydrogens (tertiary/aromatic N) is 3. The van der Waals surface area contributed by atoms with Gasteiger partial charge in [-0.25, -0.2) is 0 Å². The lowest BCUT2D eigenvalue weighted by Gasteiger charge is -2.57. The van der Waals surface area contributed by atoms with E-state index in [1.54, 1.807) is 17.1 Å². The average molecular weight is 424 g/mol. The number of ketones is 1. The van der Waals surface area contributed by atoms with Crippen LogP contribution in [0.2, 0.25) is 0 Å². The Morgan fingerprint density at radius 1 is 1.16 bits per heavy atom. The number of Topliss-reactive ketones (excluding diaryl/α,β-unsaturated/α-hetero) is 1. The fraction of sp³-hybridized carbons (Fsp3) is 0.808. The largest absolute Gasteiger partial charge is 0.390 e. The third-order valence-electron chi connectivity index (χ3n) is 10.1. The zero-order valence-corrected chi connectivity index (χ0v) is 19.3. The van der Waals surface area contributed by atoms with Gasteiger partial charge in [0.15, 0.2) is 5.78 Å². The lowest BCUT2D eigenvalue weighted by atomic mass is 9.49. The highest BCUT2D eigenvalue weighted by molar-refractivity contribution is 5.85. The van der Waals surface area contributed by atoms with Crippen LogP contribution in [-0.2, 0) is 4.79 Å². The second-order valence-electron chi connectivity index (χ2n) is 11.7. The summed E-state index contributed by atoms with van der Waals surface area (Å²) < 4.78 is 1.68. The molecule has 0 saturated heterocycles. The highest BCUT2D eigenvalue weighted by atomic mass is 16.3. The highest BCUT2D eigenvalue weighted by Gasteiger charge is 2.59. The Balaban J connectivity index is 1.33. The molecule has 1 heterocycles. The molecule has 4 aliphatic rings. The fourth-order valence-corrected chi connectivity index (χ4v) is 8.58. The van der Waals surface area contributed by atoms with E-state index in [1.807, 2.05) is 13.8 Å². The highest BCUT2D eigenvalue weighted by Crippen LogP contribution is 2.65. The zero-order chi connectivity index (χ0) is 22.0. The minimum atomic E-state index is -0.462. The summed E-state index contributed by atoms with van der Waals surface area (Å²) in [4.78, 5) is 13.6. The molecular formula is C26H37N3O2. The van der Waals surface area contributed by atoms with Gasteiger partial charge in [0.2, 0.25) is 0 Å². The van der Waals surface area contributed by atoms with Crippen LogP contribution >= 0.6 is 0 Å². The third-order valence-corrected chi connectivity index (χ3v) is 10.1. The zero-order valence-electron chi connectivity index (χ0n) is 19.3. The molecule has 0 aromatic carbocycles. The summed E-state index contributed by atoms with van der Waals surface area (Å²) in [5.74, 6) is 4.09. The van der Waals surface area contributed by atoms with Crippen LogP contribution < -0.4 is 0 Å². The predicted molar refractivity (Wildman–Crippen MR) is 118 cm³/mol. The van der Waals surface area contributed by atoms with E-state index in [-0.39, 0.29) is 17.4 Å². The first kappa shape index (κ1) is 21.2. The summed E-state index contributed by atoms with van der Waals surface area (Å²) in [6.07, 6.45) is 13.5. The Hall–Kier alpha value is -1.67. The first-order valence-corrected chi connectivity index (χ1v) is 12.4. The molecule has 0 bridgehead atoms. The maximum absolute atomic E-state index is 13.6. The van der Waals surface area contributed by atoms with Gasteiger partial charge in [-0.2, -0.15) is 10.4 Å². The van der Waals surface area contributed by atoms with Gasteiger partial charge in [0.05, 0.1) is 17.4 Å². The summed E-state index contributed by atoms with van der Waals surface area (Å²) >= 11 is 0. The molecule has 5 nitrogen and oxygen atoms in total. The van der Waals surface area contributed by atoms with Crippen molar-refractivity contribution >= 4 is 5.78 Å². The molecule has 0 amide bonds. The van der Waals surface area contributed by atoms with Crippen molar-refractivity contribution in [1.82, 2.24) is 9.78 Å². The van der Waals surface area contributed by atoms with Gasteiger partial charge in [0.25, 0.3) is 0 Å². The number of carbonyl (C=O) groups is 1. The number of aliphatic hydroxyl groups is 1. The molecule has 168 valence electrons. The van der Waals surface area contributed by atoms with Crippen LogP contribution in [0.4, 0.5) is 0 Å². The van der Waals surface area contributed by atoms with E-state index in [1.165, 1.54) is 32.1 Å². The summed E-state index contributed by atoms with van der Waals surface area (Å²) in [6, 6.07) is 1.80. The Bertz CT molecular complexity index is 899. The third kappa shape index (κ3) is 3.37. The van der Waals surface area contributed by atoms with Crippen molar-refractivity contribution in [3.63, 3.8) is 0 Å². The van der Waals surface area contributed by atoms with Gasteiger partial charge in [-0.05, 0) is 107 Å². The summed E-state index contributed by atoms with van der Waals surface area (Å²) in [7, 11) is 0. The Labute approximate surface area is 186 Å². The number of rotatable bonds is 3. The molecule has 4 saturated carbocycles. The van der Waals surface area contributed by atoms with Crippen molar-refractivity contribution in [2.75, 3.05) is 0 Å². The van der Waals surface area contributed by atoms with Crippen molar-refractivity contribution in [3.05, 3.63) is 18.0 Å². The second kappa shape index (κ2) is 7.44. The summed E-state index contributed by atoms with van der Waals surface area (Å²) in [5.41, 5.74) is 0.153. The van der Waals surface area contributed by atoms with E-state index in [2.05, 4.69) is 18.1 Å². The first-order chi connectivity index (χ1) is 14.7. The monoisotopic (exact) mass is 423 g/mol. The van der Waals surface area contributed by atoms with Gasteiger partial charge in [-0.1, -0.05) is 6.92 Å². The Morgan fingerprint density at radius 2 is 1.94 bits per heavy atom. The van der Waals surface area contributed by atoms with Crippen LogP contribution in [0.5, 0.6) is 0 Å². The predicted octanol–water partition coefficient (Wildman–Crippen LogP) is 4.90. The molecule has 0 spiro atoms. The minimum Gasteiger partial charge on any atom is -0.390 e. The van der Waals surface area contributed by atoms with E-state index < -0.39 is 5.60 Å². The van der Waals surface area contributed by atoms with E-state index in [0.717, 1.165) is 43.4 Å². The maximum atomic E-state index is 13.6. The van der Waals surface area contributed by atoms with Crippen LogP contribution in [0.3, 0.4) is 0 Å². The SMILES string of the molecule is C[C@H](C(=O)[C@H]1CC[C@H]2[C@@H]3CC[C@H]4C[C@](C)(O)CC[C@@H]4[C@H]3CC[C@]12C)n1cc(C#N)cn1. The molecule has 1 aromatic heterocycles. The van der Waals surface area contributed by atoms with E-state index in [9.17, 15) is 9.90 Å². The molecule has 1 N–H and O–H groups in total. The van der Waals surface area contributed by atoms with Crippen LogP contribution in [0.15, 0.2) is 12.4 Å². The van der Waals surface area contributed by atoms with Crippen molar-refractivity contribution < 1.29 is 9.90 Å². The lowest BCUT2D eigenvalue weighted by Crippen LogP contribution is -2.51. The molecule has 5 rings (SSSR count). The molecule has 9 atom stereocenters. The van der Waals surface area contributed by atoms with Gasteiger partial charge in [0, 0.05) is 12.1 Å². The van der Waals surface area contributed by atoms with E-state index in [0.29, 0.717) is 23.2 Å². The lowest BCUT2D eigenvalue weighted by molar-refractivity contribution is -0.135. The molecule has 1 aromatic rings. The van der Waals surface area contributed by atoms with Crippen molar-refractivity contribution in [1.29, 1.82) is 5.26 Å². The van der Waals surface area contributed by atoms with Gasteiger partial charge in [-0.3, -0.25) is 9.48 Å². The Morgan fingerprint density at radius 3 is 2.68 bits per heavy atom. The summed E-state index contributed by atoms with van der Waals surface area (Å²) in [6.45, 7) is 6.37. The van der Waals surface area contributed by atoms with Gasteiger partial charge < -0.3 is 5.11 Å². The molecule has 0 radical (unpaired) electrons. The van der Waals surface area contributed by atoms with Gasteiger partial charge in [-0.15, -0.1) is 0 Å². The molecule has 5 heteroatoms. The number of hydrogen-bond donors (Lipinski definition) is 1. The fourth-order valence-electron chi connectivity index (χ4n) is 8.58. The van der Waals surface area contributed by atoms with Crippen molar-refractivity contribution in [2.24, 2.45) is 40.9 Å². The maximum Gasteiger partial charge on any atom is 0.160 e. The minimum absolute atomic E-state index is 0.102. The molecule has 31 heavy (non-hydrogen) atoms. The normalized spacial score (nSPS) is 45.1. The standard InChI is InChI=1S/C26H37N3O2/c1-16(29-15-17(13-27)14-28-29)24(30)23-7-6-22-21-5-4-18-12-25(2,31)10-8-19(18)20(21)9-11-26(22,23)3/h14-16,18-23,31H,4-12H2,1-3H3/t16-,18+,19+,20-,21-,22+,23-,25-,26+/m1/s1. The molecular weight excluding hydrogens is 386 g/mol. The van der Waals surface area contributed by atoms with Crippen LogP contribution in [-0.4, -0.2) is 26.3 Å². The van der Waals surface area contributed by atoms with Crippen LogP contribution in [0, 0.1) is 52.3 Å². The number of aromatic nitrogens is 2. The number of nitriles is 1. The van der Waals surface area contributed by atoms with Gasteiger partial charge in [0.1, 0.15) is 12.1 Å². The molecule has 0 aliphatic heterocycles. The smallest absolute Gasteiger partial charge is 0.160 e. The molecule has 0 unspecified atom stereocenters. The second-order valence-corrected chi connectivity index (χ2v) is 11.7. The number of hydrogen-bond acceptors (Lipinski definition) is 4. The quantitative estimate of drug-likeness (QED) is 0.749. The van der Waals surface area contributed by atoms with Gasteiger partial charge >= 0.3 is 0 Å². The van der Waals surface area contributed by atoms with Crippen molar-refractivity contribution in [3.8, 4) is 6.07 Å². The average Bonchev–Trinajstić information content (AvgIpc) is 3.35. The molecule has 4 aliphatic carbocycles. The first-order valence-electron chi connectivity index (χ1n) is 12.4. The van der Waals surface area contributed by atoms with E-state index in [4.69, 9.17) is 5.26 Å². The number of fused-ring (bicyclic) bond motifs is 5. The topological polar surface area (TPSA) is 78.9 Å². The number of carbonyl (C=O) groups excluding carboxylic acids is 1. The van der Waals surface area contributed by atoms with Crippen LogP contribution in [0.1, 0.15) is 90.2 Å². The van der Waals surface area contributed by atoms with Crippen molar-refractivity contribution in [2.45, 2.75) is 90.2 Å². The van der Waals surface area contributed by atoms with Crippen LogP contribution in [0.25, 0.3) is 0 Å².